The van der Waals surface area contributed by atoms with Gasteiger partial charge in [-0.25, -0.2) is 4.79 Å². The zero-order valence-corrected chi connectivity index (χ0v) is 24.3. The topological polar surface area (TPSA) is 81.9 Å². The number of hydrogen-bond acceptors (Lipinski definition) is 4. The van der Waals surface area contributed by atoms with E-state index in [4.69, 9.17) is 17.3 Å². The molecule has 3 atom stereocenters. The third kappa shape index (κ3) is 7.42. The molecule has 0 aromatic heterocycles. The van der Waals surface area contributed by atoms with Gasteiger partial charge in [-0.1, -0.05) is 49.9 Å². The molecule has 3 fully saturated rings. The van der Waals surface area contributed by atoms with E-state index in [1.165, 1.54) is 19.3 Å². The summed E-state index contributed by atoms with van der Waals surface area (Å²) >= 11 is 6.12. The molecule has 1 aliphatic heterocycles. The zero-order chi connectivity index (χ0) is 27.2. The molecule has 1 saturated heterocycles. The first-order valence-electron chi connectivity index (χ1n) is 14.8. The molecule has 38 heavy (non-hydrogen) atoms. The monoisotopic (exact) mass is 545 g/mol. The number of carbonyl (C=O) groups is 2. The van der Waals surface area contributed by atoms with Crippen LogP contribution in [0, 0.1) is 5.92 Å². The highest BCUT2D eigenvalue weighted by Crippen LogP contribution is 2.31. The average molecular weight is 546 g/mol. The number of hydrogen-bond donors (Lipinski definition) is 2. The third-order valence-electron chi connectivity index (χ3n) is 8.96. The van der Waals surface area contributed by atoms with Gasteiger partial charge < -0.3 is 25.8 Å². The molecule has 8 heteroatoms. The van der Waals surface area contributed by atoms with Crippen LogP contribution in [0.25, 0.3) is 0 Å². The molecule has 1 aromatic carbocycles. The van der Waals surface area contributed by atoms with Gasteiger partial charge in [0.2, 0.25) is 5.91 Å². The highest BCUT2D eigenvalue weighted by Gasteiger charge is 2.40. The van der Waals surface area contributed by atoms with Crippen LogP contribution >= 0.6 is 11.6 Å². The number of nitrogens with one attached hydrogen (secondary N) is 1. The summed E-state index contributed by atoms with van der Waals surface area (Å²) in [6.45, 7) is 3.58. The molecule has 7 nitrogen and oxygen atoms in total. The van der Waals surface area contributed by atoms with E-state index in [2.05, 4.69) is 17.1 Å². The normalized spacial score (nSPS) is 27.6. The molecule has 3 N–H and O–H groups in total. The average Bonchev–Trinajstić information content (AvgIpc) is 2.92. The van der Waals surface area contributed by atoms with Crippen molar-refractivity contribution >= 4 is 23.5 Å². The van der Waals surface area contributed by atoms with E-state index in [0.717, 1.165) is 50.5 Å². The van der Waals surface area contributed by atoms with E-state index < -0.39 is 0 Å². The van der Waals surface area contributed by atoms with Crippen molar-refractivity contribution in [3.8, 4) is 0 Å². The Labute approximate surface area is 234 Å². The van der Waals surface area contributed by atoms with Gasteiger partial charge in [-0.05, 0) is 75.0 Å². The molecule has 3 aliphatic rings. The number of rotatable bonds is 7. The molecule has 0 radical (unpaired) electrons. The minimum atomic E-state index is -0.280. The van der Waals surface area contributed by atoms with Gasteiger partial charge in [0.15, 0.2) is 0 Å². The maximum atomic E-state index is 14.0. The molecular weight excluding hydrogens is 498 g/mol. The Morgan fingerprint density at radius 1 is 1.03 bits per heavy atom. The quantitative estimate of drug-likeness (QED) is 0.522. The zero-order valence-electron chi connectivity index (χ0n) is 23.6. The predicted octanol–water partition coefficient (Wildman–Crippen LogP) is 4.66. The first kappa shape index (κ1) is 29.2. The Morgan fingerprint density at radius 3 is 2.29 bits per heavy atom. The Balaban J connectivity index is 1.46. The van der Waals surface area contributed by atoms with Gasteiger partial charge in [-0.15, -0.1) is 0 Å². The highest BCUT2D eigenvalue weighted by molar-refractivity contribution is 6.30. The van der Waals surface area contributed by atoms with E-state index >= 15 is 0 Å². The minimum absolute atomic E-state index is 0.117. The van der Waals surface area contributed by atoms with Crippen LogP contribution in [-0.4, -0.2) is 84.0 Å². The van der Waals surface area contributed by atoms with Crippen LogP contribution in [-0.2, 0) is 11.2 Å². The lowest BCUT2D eigenvalue weighted by Gasteiger charge is -2.48. The molecule has 0 bridgehead atoms. The number of urea groups is 1. The summed E-state index contributed by atoms with van der Waals surface area (Å²) in [6.07, 6.45) is 11.3. The Morgan fingerprint density at radius 2 is 1.68 bits per heavy atom. The van der Waals surface area contributed by atoms with Crippen molar-refractivity contribution in [1.82, 2.24) is 20.0 Å². The van der Waals surface area contributed by atoms with Crippen LogP contribution in [0.5, 0.6) is 0 Å². The fourth-order valence-electron chi connectivity index (χ4n) is 6.77. The molecule has 2 unspecified atom stereocenters. The maximum Gasteiger partial charge on any atom is 0.319 e. The Bertz CT molecular complexity index is 912. The van der Waals surface area contributed by atoms with Crippen LogP contribution in [0.15, 0.2) is 24.3 Å². The Hall–Kier alpha value is -1.83. The van der Waals surface area contributed by atoms with Crippen LogP contribution in [0.1, 0.15) is 76.7 Å². The molecule has 2 saturated carbocycles. The second-order valence-corrected chi connectivity index (χ2v) is 12.6. The second kappa shape index (κ2) is 13.5. The summed E-state index contributed by atoms with van der Waals surface area (Å²) in [6, 6.07) is 8.73. The highest BCUT2D eigenvalue weighted by atomic mass is 35.5. The predicted molar refractivity (Wildman–Crippen MR) is 154 cm³/mol. The van der Waals surface area contributed by atoms with Crippen LogP contribution in [0.2, 0.25) is 5.02 Å². The van der Waals surface area contributed by atoms with Gasteiger partial charge in [-0.3, -0.25) is 4.79 Å². The van der Waals surface area contributed by atoms with Crippen LogP contribution in [0.4, 0.5) is 4.79 Å². The van der Waals surface area contributed by atoms with Gasteiger partial charge >= 0.3 is 6.03 Å². The van der Waals surface area contributed by atoms with Crippen molar-refractivity contribution in [3.63, 3.8) is 0 Å². The van der Waals surface area contributed by atoms with Crippen molar-refractivity contribution in [3.05, 3.63) is 34.9 Å². The summed E-state index contributed by atoms with van der Waals surface area (Å²) < 4.78 is 0. The van der Waals surface area contributed by atoms with Crippen molar-refractivity contribution in [1.29, 1.82) is 0 Å². The fraction of sp³-hybridized carbons (Fsp3) is 0.733. The molecule has 3 amide bonds. The molecule has 1 heterocycles. The number of benzene rings is 1. The number of halogens is 1. The molecule has 4 rings (SSSR count). The summed E-state index contributed by atoms with van der Waals surface area (Å²) in [5.41, 5.74) is 7.25. The van der Waals surface area contributed by atoms with Crippen molar-refractivity contribution in [2.45, 2.75) is 108 Å². The SMILES string of the molecule is CC1CN(C(=O)[C@@H](Cc2ccc(Cl)cc2)N[C@H]2CC[C@@H](N)CC2)CCC1N(C(=O)N(C)C)C1CCCCC1. The Kier molecular flexibility index (Phi) is 10.4. The van der Waals surface area contributed by atoms with E-state index in [9.17, 15) is 9.59 Å². The number of amides is 3. The first-order valence-corrected chi connectivity index (χ1v) is 15.1. The number of carbonyl (C=O) groups excluding carboxylic acids is 2. The van der Waals surface area contributed by atoms with Gasteiger partial charge in [-0.2, -0.15) is 0 Å². The fourth-order valence-corrected chi connectivity index (χ4v) is 6.90. The van der Waals surface area contributed by atoms with E-state index in [0.29, 0.717) is 36.6 Å². The number of piperidine rings is 1. The lowest BCUT2D eigenvalue weighted by molar-refractivity contribution is -0.136. The summed E-state index contributed by atoms with van der Waals surface area (Å²) in [4.78, 5) is 33.3. The van der Waals surface area contributed by atoms with E-state index in [-0.39, 0.29) is 36.0 Å². The van der Waals surface area contributed by atoms with Gasteiger partial charge in [0.25, 0.3) is 0 Å². The van der Waals surface area contributed by atoms with Gasteiger partial charge in [0, 0.05) is 56.4 Å². The van der Waals surface area contributed by atoms with E-state index in [1.54, 1.807) is 4.90 Å². The molecule has 212 valence electrons. The standard InChI is InChI=1S/C30H48ClN5O2/c1-21-20-35(18-17-28(21)36(30(38)34(2)3)26-7-5-4-6-8-26)29(37)27(19-22-9-11-23(31)12-10-22)33-25-15-13-24(32)14-16-25/h9-12,21,24-28,33H,4-8,13-20,32H2,1-3H3/t21?,24-,25+,27-,28?/m1/s1. The summed E-state index contributed by atoms with van der Waals surface area (Å²) in [5.74, 6) is 0.394. The largest absolute Gasteiger partial charge is 0.341 e. The molecule has 0 spiro atoms. The number of nitrogens with zero attached hydrogens (tertiary/aromatic N) is 3. The molecule has 1 aromatic rings. The minimum Gasteiger partial charge on any atom is -0.341 e. The molecule has 2 aliphatic carbocycles. The molecular formula is C30H48ClN5O2. The van der Waals surface area contributed by atoms with Crippen molar-refractivity contribution < 1.29 is 9.59 Å². The second-order valence-electron chi connectivity index (χ2n) is 12.2. The van der Waals surface area contributed by atoms with Crippen molar-refractivity contribution in [2.24, 2.45) is 11.7 Å². The smallest absolute Gasteiger partial charge is 0.319 e. The van der Waals surface area contributed by atoms with Gasteiger partial charge in [0.05, 0.1) is 6.04 Å². The maximum absolute atomic E-state index is 14.0. The lowest BCUT2D eigenvalue weighted by Crippen LogP contribution is -2.60. The van der Waals surface area contributed by atoms with E-state index in [1.807, 2.05) is 43.3 Å². The summed E-state index contributed by atoms with van der Waals surface area (Å²) in [7, 11) is 3.71. The number of nitrogens with two attached hydrogens (primary N) is 1. The third-order valence-corrected chi connectivity index (χ3v) is 9.21. The van der Waals surface area contributed by atoms with Crippen LogP contribution in [0.3, 0.4) is 0 Å². The number of likely N-dealkylation sites (tertiary alicyclic amines) is 1. The van der Waals surface area contributed by atoms with Crippen LogP contribution < -0.4 is 11.1 Å². The summed E-state index contributed by atoms with van der Waals surface area (Å²) in [5, 5.41) is 4.42. The first-order chi connectivity index (χ1) is 18.2. The van der Waals surface area contributed by atoms with Crippen molar-refractivity contribution in [2.75, 3.05) is 27.2 Å². The van der Waals surface area contributed by atoms with Gasteiger partial charge in [0.1, 0.15) is 0 Å². The lowest BCUT2D eigenvalue weighted by atomic mass is 9.87.